The Kier molecular flexibility index (Phi) is 5.88. The molecule has 2 atom stereocenters. The number of rotatable bonds is 8. The fourth-order valence-corrected chi connectivity index (χ4v) is 4.10. The molecule has 0 spiro atoms. The smallest absolute Gasteiger partial charge is 0.407 e. The van der Waals surface area contributed by atoms with E-state index in [1.165, 1.54) is 6.92 Å². The van der Waals surface area contributed by atoms with Gasteiger partial charge in [-0.25, -0.2) is 9.59 Å². The Morgan fingerprint density at radius 2 is 1.62 bits per heavy atom. The zero-order chi connectivity index (χ0) is 22.9. The molecule has 0 saturated heterocycles. The molecule has 2 aromatic carbocycles. The number of carboxylic acid groups (broad SMARTS) is 1. The van der Waals surface area contributed by atoms with Gasteiger partial charge in [-0.05, 0) is 47.9 Å². The number of ether oxygens (including phenoxy) is 1. The van der Waals surface area contributed by atoms with E-state index in [9.17, 15) is 24.6 Å². The van der Waals surface area contributed by atoms with E-state index < -0.39 is 36.2 Å². The first-order valence-electron chi connectivity index (χ1n) is 10.6. The lowest BCUT2D eigenvalue weighted by atomic mass is 9.98. The maximum atomic E-state index is 12.7. The molecule has 0 heterocycles. The lowest BCUT2D eigenvalue weighted by Gasteiger charge is -2.27. The second kappa shape index (κ2) is 8.63. The molecule has 8 heteroatoms. The number of carbonyl (C=O) groups is 3. The van der Waals surface area contributed by atoms with Crippen molar-refractivity contribution in [2.24, 2.45) is 5.92 Å². The molecule has 2 aromatic rings. The van der Waals surface area contributed by atoms with Crippen LogP contribution < -0.4 is 10.6 Å². The molecule has 0 radical (unpaired) electrons. The molecule has 168 valence electrons. The number of aliphatic hydroxyl groups excluding tert-OH is 1. The number of benzene rings is 2. The van der Waals surface area contributed by atoms with Gasteiger partial charge in [0, 0.05) is 5.92 Å². The summed E-state index contributed by atoms with van der Waals surface area (Å²) in [6.07, 6.45) is 0.745. The second-order valence-corrected chi connectivity index (χ2v) is 8.57. The largest absolute Gasteiger partial charge is 0.479 e. The van der Waals surface area contributed by atoms with Crippen molar-refractivity contribution in [1.82, 2.24) is 10.6 Å². The third-order valence-corrected chi connectivity index (χ3v) is 6.18. The predicted molar refractivity (Wildman–Crippen MR) is 116 cm³/mol. The minimum Gasteiger partial charge on any atom is -0.479 e. The van der Waals surface area contributed by atoms with Gasteiger partial charge in [0.15, 0.2) is 5.54 Å². The van der Waals surface area contributed by atoms with Gasteiger partial charge in [-0.3, -0.25) is 4.79 Å². The first kappa shape index (κ1) is 21.8. The Morgan fingerprint density at radius 1 is 1.06 bits per heavy atom. The van der Waals surface area contributed by atoms with Crippen LogP contribution in [0.3, 0.4) is 0 Å². The van der Waals surface area contributed by atoms with Gasteiger partial charge < -0.3 is 25.6 Å². The third kappa shape index (κ3) is 4.18. The molecule has 32 heavy (non-hydrogen) atoms. The summed E-state index contributed by atoms with van der Waals surface area (Å²) in [6.45, 7) is 0.559. The Labute approximate surface area is 185 Å². The highest BCUT2D eigenvalue weighted by Crippen LogP contribution is 2.44. The number of aliphatic hydroxyl groups is 1. The fourth-order valence-electron chi connectivity index (χ4n) is 4.10. The van der Waals surface area contributed by atoms with Crippen LogP contribution in [0.1, 0.15) is 36.8 Å². The van der Waals surface area contributed by atoms with Gasteiger partial charge in [-0.1, -0.05) is 48.5 Å². The van der Waals surface area contributed by atoms with E-state index in [1.807, 2.05) is 48.5 Å². The van der Waals surface area contributed by atoms with E-state index in [4.69, 9.17) is 4.74 Å². The Hall–Kier alpha value is -3.39. The topological polar surface area (TPSA) is 125 Å². The molecule has 1 saturated carbocycles. The molecule has 2 unspecified atom stereocenters. The van der Waals surface area contributed by atoms with Crippen LogP contribution in [0.15, 0.2) is 48.5 Å². The van der Waals surface area contributed by atoms with Crippen LogP contribution in [-0.4, -0.2) is 53.0 Å². The van der Waals surface area contributed by atoms with E-state index in [0.29, 0.717) is 0 Å². The number of carboxylic acids is 1. The van der Waals surface area contributed by atoms with Crippen LogP contribution in [0.4, 0.5) is 4.79 Å². The molecule has 2 aliphatic rings. The summed E-state index contributed by atoms with van der Waals surface area (Å²) in [4.78, 5) is 36.6. The number of hydrogen-bond donors (Lipinski definition) is 4. The van der Waals surface area contributed by atoms with Crippen molar-refractivity contribution < 1.29 is 29.3 Å². The molecule has 2 amide bonds. The number of fused-ring (bicyclic) bond motifs is 3. The molecule has 8 nitrogen and oxygen atoms in total. The standard InChI is InChI=1S/C24H26N2O6/c1-24(13-27,22(29)30)26-21(28)20(14-10-11-14)25-23(31)32-12-19-17-8-4-2-6-15(17)16-7-3-5-9-18(16)19/h2-9,14,19-20,27H,10-13H2,1H3,(H,25,31)(H,26,28)(H,29,30). The van der Waals surface area contributed by atoms with Crippen LogP contribution in [0.2, 0.25) is 0 Å². The van der Waals surface area contributed by atoms with E-state index in [0.717, 1.165) is 35.1 Å². The van der Waals surface area contributed by atoms with E-state index in [2.05, 4.69) is 10.6 Å². The van der Waals surface area contributed by atoms with Gasteiger partial charge in [0.2, 0.25) is 5.91 Å². The van der Waals surface area contributed by atoms with Gasteiger partial charge in [0.1, 0.15) is 12.6 Å². The average Bonchev–Trinajstić information content (AvgIpc) is 3.58. The zero-order valence-electron chi connectivity index (χ0n) is 17.7. The number of hydrogen-bond acceptors (Lipinski definition) is 5. The fraction of sp³-hybridized carbons (Fsp3) is 0.375. The molecule has 0 bridgehead atoms. The van der Waals surface area contributed by atoms with Gasteiger partial charge in [-0.15, -0.1) is 0 Å². The van der Waals surface area contributed by atoms with Crippen LogP contribution in [0, 0.1) is 5.92 Å². The van der Waals surface area contributed by atoms with Crippen molar-refractivity contribution in [1.29, 1.82) is 0 Å². The SMILES string of the molecule is CC(CO)(NC(=O)C(NC(=O)OCC1c2ccccc2-c2ccccc21)C1CC1)C(=O)O. The van der Waals surface area contributed by atoms with Gasteiger partial charge in [0.25, 0.3) is 0 Å². The highest BCUT2D eigenvalue weighted by atomic mass is 16.5. The summed E-state index contributed by atoms with van der Waals surface area (Å²) in [6, 6.07) is 15.1. The third-order valence-electron chi connectivity index (χ3n) is 6.18. The quantitative estimate of drug-likeness (QED) is 0.501. The van der Waals surface area contributed by atoms with E-state index >= 15 is 0 Å². The summed E-state index contributed by atoms with van der Waals surface area (Å²) in [5, 5.41) is 23.6. The van der Waals surface area contributed by atoms with Crippen molar-refractivity contribution in [3.63, 3.8) is 0 Å². The van der Waals surface area contributed by atoms with Gasteiger partial charge in [0.05, 0.1) is 6.61 Å². The molecule has 1 fully saturated rings. The maximum Gasteiger partial charge on any atom is 0.407 e. The average molecular weight is 438 g/mol. The number of aliphatic carboxylic acids is 1. The summed E-state index contributed by atoms with van der Waals surface area (Å²) in [5.41, 5.74) is 2.57. The normalized spacial score (nSPS) is 17.4. The summed E-state index contributed by atoms with van der Waals surface area (Å²) in [7, 11) is 0. The molecule has 0 aromatic heterocycles. The van der Waals surface area contributed by atoms with Crippen LogP contribution in [0.25, 0.3) is 11.1 Å². The van der Waals surface area contributed by atoms with Crippen LogP contribution in [-0.2, 0) is 14.3 Å². The lowest BCUT2D eigenvalue weighted by molar-refractivity contribution is -0.149. The number of nitrogens with one attached hydrogen (secondary N) is 2. The molecule has 2 aliphatic carbocycles. The number of alkyl carbamates (subject to hydrolysis) is 1. The number of amides is 2. The minimum absolute atomic E-state index is 0.0905. The lowest BCUT2D eigenvalue weighted by Crippen LogP contribution is -2.60. The number of carbonyl (C=O) groups excluding carboxylic acids is 2. The highest BCUT2D eigenvalue weighted by molar-refractivity contribution is 5.91. The second-order valence-electron chi connectivity index (χ2n) is 8.57. The van der Waals surface area contributed by atoms with Gasteiger partial charge in [-0.2, -0.15) is 0 Å². The van der Waals surface area contributed by atoms with Crippen molar-refractivity contribution in [2.75, 3.05) is 13.2 Å². The Bertz CT molecular complexity index is 1000. The van der Waals surface area contributed by atoms with Crippen molar-refractivity contribution in [2.45, 2.75) is 37.3 Å². The monoisotopic (exact) mass is 438 g/mol. The summed E-state index contributed by atoms with van der Waals surface area (Å²) < 4.78 is 5.51. The molecular weight excluding hydrogens is 412 g/mol. The highest BCUT2D eigenvalue weighted by Gasteiger charge is 2.42. The first-order valence-corrected chi connectivity index (χ1v) is 10.6. The predicted octanol–water partition coefficient (Wildman–Crippen LogP) is 2.26. The van der Waals surface area contributed by atoms with E-state index in [-0.39, 0.29) is 18.4 Å². The molecule has 4 rings (SSSR count). The van der Waals surface area contributed by atoms with Crippen molar-refractivity contribution in [3.8, 4) is 11.1 Å². The Balaban J connectivity index is 1.42. The minimum atomic E-state index is -1.83. The zero-order valence-corrected chi connectivity index (χ0v) is 17.7. The molecule has 4 N–H and O–H groups in total. The van der Waals surface area contributed by atoms with Gasteiger partial charge >= 0.3 is 12.1 Å². The van der Waals surface area contributed by atoms with Crippen LogP contribution in [0.5, 0.6) is 0 Å². The summed E-state index contributed by atoms with van der Waals surface area (Å²) >= 11 is 0. The Morgan fingerprint density at radius 3 is 2.12 bits per heavy atom. The first-order chi connectivity index (χ1) is 15.3. The van der Waals surface area contributed by atoms with E-state index in [1.54, 1.807) is 0 Å². The summed E-state index contributed by atoms with van der Waals surface area (Å²) in [5.74, 6) is -2.21. The van der Waals surface area contributed by atoms with Crippen molar-refractivity contribution in [3.05, 3.63) is 59.7 Å². The van der Waals surface area contributed by atoms with Crippen LogP contribution >= 0.6 is 0 Å². The maximum absolute atomic E-state index is 12.7. The molecule has 0 aliphatic heterocycles. The van der Waals surface area contributed by atoms with Crippen molar-refractivity contribution >= 4 is 18.0 Å². The molecular formula is C24H26N2O6.